The van der Waals surface area contributed by atoms with Crippen molar-refractivity contribution < 1.29 is 11.0 Å². The van der Waals surface area contributed by atoms with Crippen LogP contribution in [0.2, 0.25) is 0 Å². The van der Waals surface area contributed by atoms with Gasteiger partial charge in [-0.1, -0.05) is 99.5 Å². The van der Waals surface area contributed by atoms with Crippen LogP contribution < -0.4 is 4.90 Å². The summed E-state index contributed by atoms with van der Waals surface area (Å²) in [4.78, 5) is 2.30. The van der Waals surface area contributed by atoms with Crippen LogP contribution >= 0.6 is 0 Å². The normalized spacial score (nSPS) is 14.5. The molecule has 50 heavy (non-hydrogen) atoms. The van der Waals surface area contributed by atoms with Gasteiger partial charge in [-0.05, 0) is 140 Å². The first-order valence-corrected chi connectivity index (χ1v) is 16.9. The molecule has 0 atom stereocenters. The van der Waals surface area contributed by atoms with Crippen molar-refractivity contribution in [2.24, 2.45) is 0 Å². The molecule has 1 aliphatic rings. The van der Waals surface area contributed by atoms with Crippen molar-refractivity contribution in [1.29, 1.82) is 0 Å². The van der Waals surface area contributed by atoms with E-state index in [2.05, 4.69) is 117 Å². The number of rotatable bonds is 4. The molecule has 8 aromatic carbocycles. The van der Waals surface area contributed by atoms with Crippen LogP contribution in [0, 0.1) is 0 Å². The molecule has 0 saturated carbocycles. The maximum atomic E-state index is 8.92. The zero-order valence-corrected chi connectivity index (χ0v) is 27.9. The van der Waals surface area contributed by atoms with Crippen LogP contribution in [0.5, 0.6) is 0 Å². The number of hydrogen-bond acceptors (Lipinski definition) is 1. The first kappa shape index (κ1) is 21.8. The molecule has 0 saturated heterocycles. The highest BCUT2D eigenvalue weighted by Crippen LogP contribution is 2.51. The molecule has 0 amide bonds. The number of anilines is 3. The molecule has 1 aromatic heterocycles. The summed E-state index contributed by atoms with van der Waals surface area (Å²) in [7, 11) is 0. The van der Waals surface area contributed by atoms with E-state index in [4.69, 9.17) is 11.0 Å². The average molecular weight is 649 g/mol. The van der Waals surface area contributed by atoms with Crippen molar-refractivity contribution >= 4 is 60.4 Å². The molecule has 0 radical (unpaired) electrons. The number of hydrogen-bond donors (Lipinski definition) is 0. The molecule has 10 rings (SSSR count). The maximum Gasteiger partial charge on any atom is 0.0645 e. The van der Waals surface area contributed by atoms with E-state index in [0.29, 0.717) is 5.69 Å². The molecular weight excluding hydrogens is 605 g/mol. The van der Waals surface area contributed by atoms with Gasteiger partial charge in [-0.2, -0.15) is 0 Å². The molecular formula is C48H36N2. The van der Waals surface area contributed by atoms with Crippen LogP contribution in [-0.4, -0.2) is 4.57 Å². The number of fused-ring (bicyclic) bond motifs is 9. The fourth-order valence-electron chi connectivity index (χ4n) is 7.49. The number of aromatic nitrogens is 1. The van der Waals surface area contributed by atoms with Crippen molar-refractivity contribution in [3.8, 4) is 27.9 Å². The summed E-state index contributed by atoms with van der Waals surface area (Å²) in [5.74, 6) is 0. The Balaban J connectivity index is 1.12. The molecule has 0 spiro atoms. The minimum absolute atomic E-state index is 0.00652. The summed E-state index contributed by atoms with van der Waals surface area (Å²) in [5.41, 5.74) is 9.75. The van der Waals surface area contributed by atoms with E-state index in [1.165, 1.54) is 11.1 Å². The molecule has 1 heterocycles. The smallest absolute Gasteiger partial charge is 0.0645 e. The van der Waals surface area contributed by atoms with Crippen molar-refractivity contribution in [2.75, 3.05) is 4.90 Å². The van der Waals surface area contributed by atoms with E-state index in [0.717, 1.165) is 55.3 Å². The van der Waals surface area contributed by atoms with Gasteiger partial charge in [-0.15, -0.1) is 0 Å². The van der Waals surface area contributed by atoms with Crippen molar-refractivity contribution in [1.82, 2.24) is 4.57 Å². The van der Waals surface area contributed by atoms with Crippen molar-refractivity contribution in [3.63, 3.8) is 0 Å². The van der Waals surface area contributed by atoms with Crippen LogP contribution in [-0.2, 0) is 5.41 Å². The largest absolute Gasteiger partial charge is 0.310 e. The first-order valence-electron chi connectivity index (χ1n) is 20.9. The van der Waals surface area contributed by atoms with E-state index < -0.39 is 24.2 Å². The third-order valence-corrected chi connectivity index (χ3v) is 10.0. The zero-order valence-electron chi connectivity index (χ0n) is 35.9. The molecule has 0 N–H and O–H groups in total. The lowest BCUT2D eigenvalue weighted by atomic mass is 9.78. The van der Waals surface area contributed by atoms with Crippen molar-refractivity contribution in [2.45, 2.75) is 26.2 Å². The molecule has 0 bridgehead atoms. The predicted octanol–water partition coefficient (Wildman–Crippen LogP) is 13.5. The quantitative estimate of drug-likeness (QED) is 0.184. The average Bonchev–Trinajstić information content (AvgIpc) is 3.59. The number of para-hydroxylation sites is 3. The summed E-state index contributed by atoms with van der Waals surface area (Å²) >= 11 is 0. The summed E-state index contributed by atoms with van der Waals surface area (Å²) in [5, 5.41) is 4.25. The van der Waals surface area contributed by atoms with Gasteiger partial charge in [0.2, 0.25) is 0 Å². The molecule has 2 nitrogen and oxygen atoms in total. The van der Waals surface area contributed by atoms with Gasteiger partial charge in [-0.25, -0.2) is 0 Å². The molecule has 0 fully saturated rings. The van der Waals surface area contributed by atoms with Gasteiger partial charge in [0.15, 0.2) is 0 Å². The van der Waals surface area contributed by atoms with Gasteiger partial charge in [-0.3, -0.25) is 0 Å². The van der Waals surface area contributed by atoms with Crippen LogP contribution in [0.15, 0.2) is 164 Å². The SMILES string of the molecule is [2H]c1c([2H])c([2H])c2c(c1[2H])c1c([2H])c([2H])c([2H])c([2H])c1n2-c1ccc2cc3c(cc2c1)-c1cc2cc(N(c4ccccc4)c4cccc(C(C)(C)C)c4)ccc2cc1-3. The van der Waals surface area contributed by atoms with Gasteiger partial charge >= 0.3 is 0 Å². The van der Waals surface area contributed by atoms with Gasteiger partial charge < -0.3 is 9.47 Å². The molecule has 0 unspecified atom stereocenters. The highest BCUT2D eigenvalue weighted by molar-refractivity contribution is 6.13. The second-order valence-corrected chi connectivity index (χ2v) is 14.1. The third kappa shape index (κ3) is 4.42. The van der Waals surface area contributed by atoms with Crippen LogP contribution in [0.25, 0.3) is 71.3 Å². The Morgan fingerprint density at radius 3 is 1.66 bits per heavy atom. The van der Waals surface area contributed by atoms with Gasteiger partial charge in [0, 0.05) is 33.5 Å². The fourth-order valence-corrected chi connectivity index (χ4v) is 7.49. The maximum absolute atomic E-state index is 8.92. The lowest BCUT2D eigenvalue weighted by Crippen LogP contribution is -2.14. The highest BCUT2D eigenvalue weighted by atomic mass is 15.1. The summed E-state index contributed by atoms with van der Waals surface area (Å²) in [6.45, 7) is 6.69. The lowest BCUT2D eigenvalue weighted by molar-refractivity contribution is 0.590. The Morgan fingerprint density at radius 2 is 1.02 bits per heavy atom. The van der Waals surface area contributed by atoms with Crippen LogP contribution in [0.4, 0.5) is 17.1 Å². The van der Waals surface area contributed by atoms with Gasteiger partial charge in [0.1, 0.15) is 0 Å². The van der Waals surface area contributed by atoms with E-state index in [1.807, 2.05) is 24.3 Å². The number of nitrogens with zero attached hydrogens (tertiary/aromatic N) is 2. The van der Waals surface area contributed by atoms with Crippen LogP contribution in [0.1, 0.15) is 37.3 Å². The van der Waals surface area contributed by atoms with Gasteiger partial charge in [0.05, 0.1) is 22.0 Å². The Hall–Kier alpha value is -6.12. The minimum atomic E-state index is -0.456. The molecule has 2 heteroatoms. The Morgan fingerprint density at radius 1 is 0.480 bits per heavy atom. The Bertz CT molecular complexity index is 3180. The number of benzene rings is 8. The van der Waals surface area contributed by atoms with E-state index >= 15 is 0 Å². The Kier molecular flexibility index (Phi) is 4.65. The topological polar surface area (TPSA) is 8.17 Å². The van der Waals surface area contributed by atoms with E-state index in [9.17, 15) is 0 Å². The zero-order chi connectivity index (χ0) is 40.5. The summed E-state index contributed by atoms with van der Waals surface area (Å²) < 4.78 is 70.7. The predicted molar refractivity (Wildman–Crippen MR) is 214 cm³/mol. The van der Waals surface area contributed by atoms with Crippen LogP contribution in [0.3, 0.4) is 0 Å². The second-order valence-electron chi connectivity index (χ2n) is 14.1. The first-order chi connectivity index (χ1) is 27.7. The fraction of sp³-hybridized carbons (Fsp3) is 0.0833. The van der Waals surface area contributed by atoms with Crippen molar-refractivity contribution in [3.05, 3.63) is 169 Å². The summed E-state index contributed by atoms with van der Waals surface area (Å²) in [6.07, 6.45) is 0. The molecule has 1 aliphatic carbocycles. The Labute approximate surface area is 303 Å². The standard InChI is InChI=1S/C48H36N2/c1-48(2,3)35-12-11-15-37(30-35)49(36-13-5-4-6-14-36)38-22-20-31-26-42-43-27-32-21-23-39(25-34(32)29-45(43)44(42)28-33(31)24-38)50-46-18-9-7-16-40(46)41-17-8-10-19-47(41)50/h4-30H,1-3H3/i7D,8D,9D,10D,16D,17D,18D,19D. The molecule has 0 aliphatic heterocycles. The third-order valence-electron chi connectivity index (χ3n) is 10.0. The van der Waals surface area contributed by atoms with Gasteiger partial charge in [0.25, 0.3) is 0 Å². The van der Waals surface area contributed by atoms with E-state index in [-0.39, 0.29) is 51.4 Å². The summed E-state index contributed by atoms with van der Waals surface area (Å²) in [6, 6.07) is 37.2. The lowest BCUT2D eigenvalue weighted by Gasteiger charge is -2.29. The monoisotopic (exact) mass is 648 g/mol. The molecule has 9 aromatic rings. The highest BCUT2D eigenvalue weighted by Gasteiger charge is 2.25. The molecule has 238 valence electrons. The second kappa shape index (κ2) is 10.7. The van der Waals surface area contributed by atoms with E-state index in [1.54, 1.807) is 4.57 Å². The minimum Gasteiger partial charge on any atom is -0.310 e.